The highest BCUT2D eigenvalue weighted by Crippen LogP contribution is 2.34. The summed E-state index contributed by atoms with van der Waals surface area (Å²) in [6.07, 6.45) is -2.27. The Morgan fingerprint density at radius 1 is 1.67 bits per heavy atom. The van der Waals surface area contributed by atoms with E-state index in [9.17, 15) is 23.7 Å². The van der Waals surface area contributed by atoms with Crippen molar-refractivity contribution in [3.05, 3.63) is 31.9 Å². The zero-order chi connectivity index (χ0) is 13.9. The number of nitrogens with zero attached hydrogens (tertiary/aromatic N) is 2. The van der Waals surface area contributed by atoms with E-state index >= 15 is 0 Å². The van der Waals surface area contributed by atoms with Gasteiger partial charge >= 0.3 is 11.8 Å². The number of hydrogen-bond donors (Lipinski definition) is 0. The topological polar surface area (TPSA) is 82.3 Å². The fourth-order valence-electron chi connectivity index (χ4n) is 1.17. The number of halogens is 3. The van der Waals surface area contributed by atoms with E-state index in [1.165, 1.54) is 6.92 Å². The van der Waals surface area contributed by atoms with E-state index in [0.717, 1.165) is 0 Å². The highest BCUT2D eigenvalue weighted by atomic mass is 79.9. The van der Waals surface area contributed by atoms with Crippen LogP contribution in [0.15, 0.2) is 10.7 Å². The van der Waals surface area contributed by atoms with E-state index in [4.69, 9.17) is 0 Å². The highest BCUT2D eigenvalue weighted by Gasteiger charge is 2.31. The molecule has 0 spiro atoms. The molecule has 1 aromatic heterocycles. The first kappa shape index (κ1) is 14.4. The maximum Gasteiger partial charge on any atom is 0.379 e. The lowest BCUT2D eigenvalue weighted by Crippen LogP contribution is -2.12. The molecule has 0 N–H and O–H groups in total. The minimum Gasteiger partial charge on any atom is -0.462 e. The molecule has 0 aliphatic rings. The fourth-order valence-corrected chi connectivity index (χ4v) is 1.78. The molecule has 9 heteroatoms. The summed E-state index contributed by atoms with van der Waals surface area (Å²) >= 11 is 2.75. The van der Waals surface area contributed by atoms with Crippen LogP contribution in [0, 0.1) is 10.1 Å². The number of ether oxygens (including phenoxy) is 1. The molecule has 0 bridgehead atoms. The van der Waals surface area contributed by atoms with Crippen molar-refractivity contribution in [2.24, 2.45) is 0 Å². The van der Waals surface area contributed by atoms with Gasteiger partial charge in [0.15, 0.2) is 11.8 Å². The molecule has 6 nitrogen and oxygen atoms in total. The van der Waals surface area contributed by atoms with E-state index in [0.29, 0.717) is 6.20 Å². The van der Waals surface area contributed by atoms with Crippen molar-refractivity contribution in [3.8, 4) is 0 Å². The lowest BCUT2D eigenvalue weighted by atomic mass is 10.2. The van der Waals surface area contributed by atoms with Crippen LogP contribution in [0.3, 0.4) is 0 Å². The minimum atomic E-state index is -2.92. The number of carbonyl (C=O) groups is 1. The molecule has 0 saturated heterocycles. The van der Waals surface area contributed by atoms with Crippen LogP contribution in [0.2, 0.25) is 0 Å². The molecule has 0 aromatic carbocycles. The largest absolute Gasteiger partial charge is 0.462 e. The quantitative estimate of drug-likeness (QED) is 0.483. The maximum atomic E-state index is 12.6. The predicted molar refractivity (Wildman–Crippen MR) is 59.5 cm³/mol. The average Bonchev–Trinajstić information content (AvgIpc) is 2.27. The van der Waals surface area contributed by atoms with Gasteiger partial charge in [-0.3, -0.25) is 0 Å². The van der Waals surface area contributed by atoms with E-state index < -0.39 is 34.3 Å². The van der Waals surface area contributed by atoms with Crippen LogP contribution in [0.4, 0.5) is 14.6 Å². The van der Waals surface area contributed by atoms with Crippen molar-refractivity contribution < 1.29 is 23.2 Å². The number of rotatable bonds is 4. The zero-order valence-corrected chi connectivity index (χ0v) is 10.6. The first-order valence-corrected chi connectivity index (χ1v) is 5.47. The van der Waals surface area contributed by atoms with Crippen molar-refractivity contribution >= 4 is 27.7 Å². The number of nitro groups is 1. The third-order valence-electron chi connectivity index (χ3n) is 1.91. The zero-order valence-electron chi connectivity index (χ0n) is 9.02. The lowest BCUT2D eigenvalue weighted by molar-refractivity contribution is -0.390. The number of esters is 1. The molecule has 1 heterocycles. The van der Waals surface area contributed by atoms with Gasteiger partial charge in [-0.2, -0.15) is 0 Å². The predicted octanol–water partition coefficient (Wildman–Crippen LogP) is 2.87. The number of hydrogen-bond acceptors (Lipinski definition) is 5. The van der Waals surface area contributed by atoms with Gasteiger partial charge in [0, 0.05) is 0 Å². The first-order valence-electron chi connectivity index (χ1n) is 4.68. The van der Waals surface area contributed by atoms with Gasteiger partial charge in [0.2, 0.25) is 0 Å². The summed E-state index contributed by atoms with van der Waals surface area (Å²) in [6, 6.07) is 0. The number of alkyl halides is 2. The van der Waals surface area contributed by atoms with Crippen molar-refractivity contribution in [2.75, 3.05) is 6.61 Å². The summed E-state index contributed by atoms with van der Waals surface area (Å²) in [5.41, 5.74) is -1.22. The van der Waals surface area contributed by atoms with Crippen LogP contribution in [0.1, 0.15) is 29.3 Å². The Hall–Kier alpha value is -1.64. The lowest BCUT2D eigenvalue weighted by Gasteiger charge is -2.07. The Labute approximate surface area is 108 Å². The Bertz CT molecular complexity index is 496. The maximum absolute atomic E-state index is 12.6. The van der Waals surface area contributed by atoms with Gasteiger partial charge in [-0.25, -0.2) is 13.6 Å². The Morgan fingerprint density at radius 2 is 2.28 bits per heavy atom. The SMILES string of the molecule is CCOC(=O)c1c([N+](=O)[O-])ncc(C(F)F)c1Br. The van der Waals surface area contributed by atoms with Gasteiger partial charge < -0.3 is 14.9 Å². The molecule has 1 aromatic rings. The Balaban J connectivity index is 3.45. The number of pyridine rings is 1. The highest BCUT2D eigenvalue weighted by molar-refractivity contribution is 9.10. The molecule has 0 unspecified atom stereocenters. The first-order chi connectivity index (χ1) is 8.40. The molecular formula is C9H7BrF2N2O4. The third-order valence-corrected chi connectivity index (χ3v) is 2.76. The number of aromatic nitrogens is 1. The van der Waals surface area contributed by atoms with E-state index in [-0.39, 0.29) is 11.1 Å². The smallest absolute Gasteiger partial charge is 0.379 e. The second kappa shape index (κ2) is 5.80. The molecule has 0 radical (unpaired) electrons. The van der Waals surface area contributed by atoms with Crippen LogP contribution in [-0.4, -0.2) is 22.5 Å². The standard InChI is InChI=1S/C9H7BrF2N2O4/c1-2-18-9(15)5-6(10)4(7(11)12)3-13-8(5)14(16)17/h3,7H,2H2,1H3. The fraction of sp³-hybridized carbons (Fsp3) is 0.333. The van der Waals surface area contributed by atoms with Crippen molar-refractivity contribution in [1.82, 2.24) is 4.98 Å². The normalized spacial score (nSPS) is 10.5. The van der Waals surface area contributed by atoms with Crippen LogP contribution < -0.4 is 0 Å². The summed E-state index contributed by atoms with van der Waals surface area (Å²) in [6.45, 7) is 1.45. The second-order valence-electron chi connectivity index (χ2n) is 3.00. The van der Waals surface area contributed by atoms with Crippen molar-refractivity contribution in [1.29, 1.82) is 0 Å². The molecule has 1 rings (SSSR count). The van der Waals surface area contributed by atoms with Gasteiger partial charge in [-0.15, -0.1) is 0 Å². The summed E-state index contributed by atoms with van der Waals surface area (Å²) in [5, 5.41) is 10.7. The van der Waals surface area contributed by atoms with Crippen LogP contribution >= 0.6 is 15.9 Å². The van der Waals surface area contributed by atoms with E-state index in [2.05, 4.69) is 25.7 Å². The minimum absolute atomic E-state index is 0.0403. The van der Waals surface area contributed by atoms with Gasteiger partial charge in [0.05, 0.1) is 16.6 Å². The summed E-state index contributed by atoms with van der Waals surface area (Å²) in [4.78, 5) is 24.5. The molecule has 18 heavy (non-hydrogen) atoms. The van der Waals surface area contributed by atoms with Crippen molar-refractivity contribution in [3.63, 3.8) is 0 Å². The molecule has 0 aliphatic heterocycles. The molecule has 0 aliphatic carbocycles. The average molecular weight is 325 g/mol. The van der Waals surface area contributed by atoms with Crippen LogP contribution in [0.5, 0.6) is 0 Å². The molecule has 0 saturated carbocycles. The molecule has 0 atom stereocenters. The van der Waals surface area contributed by atoms with Gasteiger partial charge in [-0.05, 0) is 32.8 Å². The van der Waals surface area contributed by atoms with Gasteiger partial charge in [0.1, 0.15) is 0 Å². The Morgan fingerprint density at radius 3 is 2.72 bits per heavy atom. The van der Waals surface area contributed by atoms with Crippen molar-refractivity contribution in [2.45, 2.75) is 13.3 Å². The van der Waals surface area contributed by atoms with Crippen LogP contribution in [0.25, 0.3) is 0 Å². The third kappa shape index (κ3) is 2.78. The monoisotopic (exact) mass is 324 g/mol. The molecule has 0 amide bonds. The molecule has 98 valence electrons. The van der Waals surface area contributed by atoms with E-state index in [1.807, 2.05) is 0 Å². The summed E-state index contributed by atoms with van der Waals surface area (Å²) in [7, 11) is 0. The summed E-state index contributed by atoms with van der Waals surface area (Å²) < 4.78 is 29.4. The van der Waals surface area contributed by atoms with Gasteiger partial charge in [0.25, 0.3) is 6.43 Å². The molecular weight excluding hydrogens is 318 g/mol. The van der Waals surface area contributed by atoms with E-state index in [1.54, 1.807) is 0 Å². The van der Waals surface area contributed by atoms with Crippen LogP contribution in [-0.2, 0) is 4.74 Å². The molecule has 0 fully saturated rings. The summed E-state index contributed by atoms with van der Waals surface area (Å²) in [5.74, 6) is -1.91. The Kier molecular flexibility index (Phi) is 4.65. The second-order valence-corrected chi connectivity index (χ2v) is 3.80. The number of carbonyl (C=O) groups excluding carboxylic acids is 1. The van der Waals surface area contributed by atoms with Gasteiger partial charge in [-0.1, -0.05) is 0 Å².